The Morgan fingerprint density at radius 2 is 2.27 bits per heavy atom. The van der Waals surface area contributed by atoms with E-state index in [2.05, 4.69) is 17.6 Å². The van der Waals surface area contributed by atoms with Crippen molar-refractivity contribution in [2.75, 3.05) is 31.3 Å². The molecule has 2 fully saturated rings. The first-order chi connectivity index (χ1) is 6.77. The van der Waals surface area contributed by atoms with E-state index in [0.29, 0.717) is 6.04 Å². The molecule has 2 aliphatic rings. The highest BCUT2D eigenvalue weighted by Crippen LogP contribution is 2.12. The van der Waals surface area contributed by atoms with Gasteiger partial charge in [0.15, 0.2) is 0 Å². The van der Waals surface area contributed by atoms with Gasteiger partial charge in [-0.2, -0.15) is 0 Å². The molecule has 0 aromatic heterocycles. The van der Waals surface area contributed by atoms with Crippen LogP contribution in [0.4, 0.5) is 0 Å². The second-order valence-corrected chi connectivity index (χ2v) is 4.94. The van der Waals surface area contributed by atoms with E-state index in [1.807, 2.05) is 4.90 Å². The summed E-state index contributed by atoms with van der Waals surface area (Å²) < 4.78 is 0. The topological polar surface area (TPSA) is 44.4 Å². The predicted octanol–water partition coefficient (Wildman–Crippen LogP) is -0.109. The molecule has 88 valence electrons. The van der Waals surface area contributed by atoms with E-state index in [-0.39, 0.29) is 24.4 Å². The molecule has 1 amide bonds. The molecule has 2 unspecified atom stereocenters. The number of hydrogen-bond acceptors (Lipinski definition) is 4. The second-order valence-electron chi connectivity index (χ2n) is 3.91. The first-order valence-corrected chi connectivity index (χ1v) is 6.26. The maximum Gasteiger partial charge on any atom is 0.240 e. The Labute approximate surface area is 101 Å². The molecule has 4 nitrogen and oxygen atoms in total. The van der Waals surface area contributed by atoms with E-state index in [1.54, 1.807) is 11.8 Å². The van der Waals surface area contributed by atoms with Crippen LogP contribution in [-0.4, -0.2) is 54.2 Å². The number of halogens is 1. The van der Waals surface area contributed by atoms with Crippen molar-refractivity contribution in [3.05, 3.63) is 0 Å². The van der Waals surface area contributed by atoms with Gasteiger partial charge in [0.05, 0.1) is 6.04 Å². The third-order valence-electron chi connectivity index (χ3n) is 2.69. The van der Waals surface area contributed by atoms with E-state index < -0.39 is 0 Å². The van der Waals surface area contributed by atoms with Gasteiger partial charge in [-0.1, -0.05) is 0 Å². The number of nitrogens with zero attached hydrogens (tertiary/aromatic N) is 1. The number of rotatable bonds is 1. The van der Waals surface area contributed by atoms with E-state index >= 15 is 0 Å². The van der Waals surface area contributed by atoms with Gasteiger partial charge >= 0.3 is 0 Å². The fraction of sp³-hybridized carbons (Fsp3) is 0.889. The largest absolute Gasteiger partial charge is 0.338 e. The van der Waals surface area contributed by atoms with Crippen molar-refractivity contribution in [2.45, 2.75) is 19.0 Å². The van der Waals surface area contributed by atoms with Crippen LogP contribution in [0.5, 0.6) is 0 Å². The molecule has 0 aromatic rings. The molecular formula is C9H18ClN3OS. The zero-order valence-corrected chi connectivity index (χ0v) is 10.5. The van der Waals surface area contributed by atoms with Crippen LogP contribution in [0.2, 0.25) is 0 Å². The first-order valence-electron chi connectivity index (χ1n) is 5.10. The molecule has 2 atom stereocenters. The number of carbonyl (C=O) groups is 1. The van der Waals surface area contributed by atoms with Crippen LogP contribution < -0.4 is 10.6 Å². The lowest BCUT2D eigenvalue weighted by Crippen LogP contribution is -2.55. The van der Waals surface area contributed by atoms with Gasteiger partial charge < -0.3 is 10.2 Å². The lowest BCUT2D eigenvalue weighted by molar-refractivity contribution is -0.133. The van der Waals surface area contributed by atoms with Crippen LogP contribution in [0.15, 0.2) is 0 Å². The van der Waals surface area contributed by atoms with Gasteiger partial charge in [-0.05, 0) is 6.92 Å². The molecule has 0 spiro atoms. The molecule has 0 bridgehead atoms. The van der Waals surface area contributed by atoms with Crippen LogP contribution in [0.3, 0.4) is 0 Å². The minimum absolute atomic E-state index is 0. The summed E-state index contributed by atoms with van der Waals surface area (Å²) in [6, 6.07) is 0.493. The SMILES string of the molecule is CC1CN(C(=O)C2CSCN2)CCN1.Cl. The summed E-state index contributed by atoms with van der Waals surface area (Å²) in [5.74, 6) is 2.12. The summed E-state index contributed by atoms with van der Waals surface area (Å²) in [5.41, 5.74) is 0. The molecule has 2 rings (SSSR count). The van der Waals surface area contributed by atoms with Crippen molar-refractivity contribution < 1.29 is 4.79 Å². The molecule has 2 saturated heterocycles. The van der Waals surface area contributed by atoms with Crippen LogP contribution in [0.25, 0.3) is 0 Å². The number of hydrogen-bond donors (Lipinski definition) is 2. The van der Waals surface area contributed by atoms with Gasteiger partial charge in [0, 0.05) is 37.3 Å². The number of nitrogens with one attached hydrogen (secondary N) is 2. The van der Waals surface area contributed by atoms with Crippen molar-refractivity contribution in [1.29, 1.82) is 0 Å². The van der Waals surface area contributed by atoms with Gasteiger partial charge in [0.1, 0.15) is 0 Å². The van der Waals surface area contributed by atoms with Crippen molar-refractivity contribution in [1.82, 2.24) is 15.5 Å². The number of amides is 1. The molecule has 2 N–H and O–H groups in total. The minimum Gasteiger partial charge on any atom is -0.338 e. The Morgan fingerprint density at radius 1 is 1.47 bits per heavy atom. The fourth-order valence-electron chi connectivity index (χ4n) is 1.91. The predicted molar refractivity (Wildman–Crippen MR) is 65.5 cm³/mol. The van der Waals surface area contributed by atoms with Gasteiger partial charge in [0.2, 0.25) is 5.91 Å². The maximum atomic E-state index is 12.0. The quantitative estimate of drug-likeness (QED) is 0.683. The lowest BCUT2D eigenvalue weighted by atomic mass is 10.2. The Morgan fingerprint density at radius 3 is 2.87 bits per heavy atom. The monoisotopic (exact) mass is 251 g/mol. The van der Waals surface area contributed by atoms with Crippen LogP contribution >= 0.6 is 24.2 Å². The van der Waals surface area contributed by atoms with Gasteiger partial charge in [-0.3, -0.25) is 10.1 Å². The van der Waals surface area contributed by atoms with Crippen molar-refractivity contribution >= 4 is 30.1 Å². The zero-order chi connectivity index (χ0) is 9.97. The highest BCUT2D eigenvalue weighted by atomic mass is 35.5. The van der Waals surface area contributed by atoms with E-state index in [4.69, 9.17) is 0 Å². The molecule has 15 heavy (non-hydrogen) atoms. The van der Waals surface area contributed by atoms with Crippen LogP contribution in [-0.2, 0) is 4.79 Å². The summed E-state index contributed by atoms with van der Waals surface area (Å²) in [4.78, 5) is 13.9. The number of carbonyl (C=O) groups excluding carboxylic acids is 1. The summed E-state index contributed by atoms with van der Waals surface area (Å²) in [5, 5.41) is 6.56. The highest BCUT2D eigenvalue weighted by Gasteiger charge is 2.29. The Hall–Kier alpha value is 0.0300. The van der Waals surface area contributed by atoms with Gasteiger partial charge in [-0.25, -0.2) is 0 Å². The van der Waals surface area contributed by atoms with E-state index in [0.717, 1.165) is 31.3 Å². The first kappa shape index (κ1) is 13.1. The molecule has 0 aliphatic carbocycles. The molecular weight excluding hydrogens is 234 g/mol. The zero-order valence-electron chi connectivity index (χ0n) is 8.86. The molecule has 0 aromatic carbocycles. The maximum absolute atomic E-state index is 12.0. The van der Waals surface area contributed by atoms with Gasteiger partial charge in [0.25, 0.3) is 0 Å². The van der Waals surface area contributed by atoms with E-state index in [1.165, 1.54) is 0 Å². The average Bonchev–Trinajstić information content (AvgIpc) is 2.69. The molecule has 0 radical (unpaired) electrons. The minimum atomic E-state index is 0. The normalized spacial score (nSPS) is 31.1. The number of thioether (sulfide) groups is 1. The van der Waals surface area contributed by atoms with Crippen molar-refractivity contribution in [3.63, 3.8) is 0 Å². The summed E-state index contributed by atoms with van der Waals surface area (Å²) >= 11 is 1.80. The molecule has 0 saturated carbocycles. The van der Waals surface area contributed by atoms with Crippen LogP contribution in [0, 0.1) is 0 Å². The fourth-order valence-corrected chi connectivity index (χ4v) is 2.84. The number of piperazine rings is 1. The smallest absolute Gasteiger partial charge is 0.240 e. The molecule has 6 heteroatoms. The Balaban J connectivity index is 0.00000112. The Bertz CT molecular complexity index is 223. The molecule has 2 aliphatic heterocycles. The van der Waals surface area contributed by atoms with Gasteiger partial charge in [-0.15, -0.1) is 24.2 Å². The lowest BCUT2D eigenvalue weighted by Gasteiger charge is -2.33. The summed E-state index contributed by atoms with van der Waals surface area (Å²) in [6.45, 7) is 4.75. The second kappa shape index (κ2) is 5.94. The standard InChI is InChI=1S/C9H17N3OS.ClH/c1-7-4-12(3-2-10-7)9(13)8-5-14-6-11-8;/h7-8,10-11H,2-6H2,1H3;1H. The molecule has 2 heterocycles. The van der Waals surface area contributed by atoms with Crippen molar-refractivity contribution in [2.24, 2.45) is 0 Å². The van der Waals surface area contributed by atoms with E-state index in [9.17, 15) is 4.79 Å². The van der Waals surface area contributed by atoms with Crippen molar-refractivity contribution in [3.8, 4) is 0 Å². The summed E-state index contributed by atoms with van der Waals surface area (Å²) in [6.07, 6.45) is 0. The summed E-state index contributed by atoms with van der Waals surface area (Å²) in [7, 11) is 0. The average molecular weight is 252 g/mol. The third kappa shape index (κ3) is 3.24. The highest BCUT2D eigenvalue weighted by molar-refractivity contribution is 7.99. The Kier molecular flexibility index (Phi) is 5.18. The van der Waals surface area contributed by atoms with Crippen LogP contribution in [0.1, 0.15) is 6.92 Å². The third-order valence-corrected chi connectivity index (χ3v) is 3.63.